The van der Waals surface area contributed by atoms with Gasteiger partial charge in [-0.15, -0.1) is 0 Å². The number of hydrogen-bond acceptors (Lipinski definition) is 2. The lowest BCUT2D eigenvalue weighted by Gasteiger charge is -2.25. The van der Waals surface area contributed by atoms with Crippen molar-refractivity contribution in [2.45, 2.75) is 19.3 Å². The Labute approximate surface area is 120 Å². The first-order valence-electron chi connectivity index (χ1n) is 6.71. The van der Waals surface area contributed by atoms with Gasteiger partial charge in [0, 0.05) is 17.5 Å². The van der Waals surface area contributed by atoms with Crippen LogP contribution in [0.2, 0.25) is 5.02 Å². The minimum atomic E-state index is 0.155. The second-order valence-electron chi connectivity index (χ2n) is 5.44. The normalized spacial score (nSPS) is 22.2. The Morgan fingerprint density at radius 1 is 1.32 bits per heavy atom. The third-order valence-electron chi connectivity index (χ3n) is 3.48. The fourth-order valence-corrected chi connectivity index (χ4v) is 2.70. The summed E-state index contributed by atoms with van der Waals surface area (Å²) in [6, 6.07) is 7.63. The molecule has 2 nitrogen and oxygen atoms in total. The fourth-order valence-electron chi connectivity index (χ4n) is 2.57. The van der Waals surface area contributed by atoms with E-state index in [1.165, 1.54) is 0 Å². The minimum absolute atomic E-state index is 0.155. The zero-order valence-electron chi connectivity index (χ0n) is 11.5. The zero-order chi connectivity index (χ0) is 13.8. The molecule has 3 heteroatoms. The highest BCUT2D eigenvalue weighted by Gasteiger charge is 2.26. The number of halogens is 1. The number of allylic oxidation sites excluding steroid dienone is 1. The summed E-state index contributed by atoms with van der Waals surface area (Å²) in [5.41, 5.74) is 2.01. The molecule has 1 saturated carbocycles. The van der Waals surface area contributed by atoms with Crippen LogP contribution in [0.1, 0.15) is 24.8 Å². The van der Waals surface area contributed by atoms with Crippen molar-refractivity contribution >= 4 is 23.5 Å². The summed E-state index contributed by atoms with van der Waals surface area (Å²) in [7, 11) is 4.04. The topological polar surface area (TPSA) is 20.3 Å². The van der Waals surface area contributed by atoms with E-state index in [0.717, 1.165) is 42.0 Å². The molecule has 102 valence electrons. The van der Waals surface area contributed by atoms with Crippen LogP contribution in [0, 0.1) is 5.92 Å². The lowest BCUT2D eigenvalue weighted by atomic mass is 9.83. The molecule has 0 aliphatic heterocycles. The van der Waals surface area contributed by atoms with Gasteiger partial charge in [-0.2, -0.15) is 0 Å². The quantitative estimate of drug-likeness (QED) is 0.786. The van der Waals surface area contributed by atoms with Crippen LogP contribution in [0.5, 0.6) is 0 Å². The molecule has 1 aliphatic carbocycles. The van der Waals surface area contributed by atoms with Gasteiger partial charge in [-0.05, 0) is 62.7 Å². The standard InChI is InChI=1S/C16H20ClNO/c1-18(2)11-14-5-3-4-13(16(14)19)10-12-6-8-15(17)9-7-12/h6-10,14H,3-5,11H2,1-2H3/b13-10-. The van der Waals surface area contributed by atoms with Crippen molar-refractivity contribution in [3.05, 3.63) is 40.4 Å². The van der Waals surface area contributed by atoms with E-state index in [0.29, 0.717) is 5.78 Å². The highest BCUT2D eigenvalue weighted by Crippen LogP contribution is 2.27. The van der Waals surface area contributed by atoms with E-state index in [2.05, 4.69) is 4.90 Å². The summed E-state index contributed by atoms with van der Waals surface area (Å²) < 4.78 is 0. The average molecular weight is 278 g/mol. The first kappa shape index (κ1) is 14.3. The molecular weight excluding hydrogens is 258 g/mol. The molecule has 1 aromatic carbocycles. The molecule has 0 bridgehead atoms. The van der Waals surface area contributed by atoms with Crippen LogP contribution in [-0.2, 0) is 4.79 Å². The Morgan fingerprint density at radius 3 is 2.63 bits per heavy atom. The summed E-state index contributed by atoms with van der Waals surface area (Å²) in [6.45, 7) is 0.844. The molecule has 0 N–H and O–H groups in total. The summed E-state index contributed by atoms with van der Waals surface area (Å²) >= 11 is 5.87. The van der Waals surface area contributed by atoms with Crippen LogP contribution in [0.3, 0.4) is 0 Å². The third-order valence-corrected chi connectivity index (χ3v) is 3.73. The SMILES string of the molecule is CN(C)CC1CCC/C(=C/c2ccc(Cl)cc2)C1=O. The van der Waals surface area contributed by atoms with E-state index >= 15 is 0 Å². The molecule has 1 fully saturated rings. The number of hydrogen-bond donors (Lipinski definition) is 0. The summed E-state index contributed by atoms with van der Waals surface area (Å²) in [6.07, 6.45) is 5.02. The highest BCUT2D eigenvalue weighted by molar-refractivity contribution is 6.30. The number of ketones is 1. The second kappa shape index (κ2) is 6.36. The van der Waals surface area contributed by atoms with Gasteiger partial charge in [0.25, 0.3) is 0 Å². The van der Waals surface area contributed by atoms with Crippen molar-refractivity contribution in [1.82, 2.24) is 4.90 Å². The molecule has 0 saturated heterocycles. The Hall–Kier alpha value is -1.12. The smallest absolute Gasteiger partial charge is 0.163 e. The van der Waals surface area contributed by atoms with Crippen LogP contribution in [0.4, 0.5) is 0 Å². The van der Waals surface area contributed by atoms with Crippen molar-refractivity contribution in [3.8, 4) is 0 Å². The summed E-state index contributed by atoms with van der Waals surface area (Å²) in [5, 5.41) is 0.725. The molecule has 1 unspecified atom stereocenters. The predicted octanol–water partition coefficient (Wildman–Crippen LogP) is 3.65. The molecule has 1 aliphatic rings. The third kappa shape index (κ3) is 3.92. The fraction of sp³-hybridized carbons (Fsp3) is 0.438. The Kier molecular flexibility index (Phi) is 4.78. The molecule has 0 heterocycles. The number of carbonyl (C=O) groups excluding carboxylic acids is 1. The van der Waals surface area contributed by atoms with Gasteiger partial charge >= 0.3 is 0 Å². The highest BCUT2D eigenvalue weighted by atomic mass is 35.5. The molecule has 1 atom stereocenters. The maximum absolute atomic E-state index is 12.4. The van der Waals surface area contributed by atoms with Gasteiger partial charge in [0.15, 0.2) is 5.78 Å². The van der Waals surface area contributed by atoms with Crippen molar-refractivity contribution in [1.29, 1.82) is 0 Å². The summed E-state index contributed by atoms with van der Waals surface area (Å²) in [4.78, 5) is 14.5. The van der Waals surface area contributed by atoms with Gasteiger partial charge < -0.3 is 4.90 Å². The van der Waals surface area contributed by atoms with Crippen LogP contribution < -0.4 is 0 Å². The average Bonchev–Trinajstić information content (AvgIpc) is 2.36. The second-order valence-corrected chi connectivity index (χ2v) is 5.87. The van der Waals surface area contributed by atoms with E-state index in [-0.39, 0.29) is 5.92 Å². The van der Waals surface area contributed by atoms with Gasteiger partial charge in [0.2, 0.25) is 0 Å². The van der Waals surface area contributed by atoms with E-state index in [4.69, 9.17) is 11.6 Å². The molecular formula is C16H20ClNO. The summed E-state index contributed by atoms with van der Waals surface area (Å²) in [5.74, 6) is 0.470. The van der Waals surface area contributed by atoms with Crippen LogP contribution in [0.15, 0.2) is 29.8 Å². The zero-order valence-corrected chi connectivity index (χ0v) is 12.3. The predicted molar refractivity (Wildman–Crippen MR) is 80.3 cm³/mol. The molecule has 0 radical (unpaired) electrons. The van der Waals surface area contributed by atoms with Crippen molar-refractivity contribution in [2.24, 2.45) is 5.92 Å². The van der Waals surface area contributed by atoms with Crippen LogP contribution in [0.25, 0.3) is 6.08 Å². The lowest BCUT2D eigenvalue weighted by Crippen LogP contribution is -2.31. The number of nitrogens with zero attached hydrogens (tertiary/aromatic N) is 1. The maximum Gasteiger partial charge on any atom is 0.163 e. The number of benzene rings is 1. The Morgan fingerprint density at radius 2 is 2.00 bits per heavy atom. The molecule has 0 spiro atoms. The number of carbonyl (C=O) groups is 1. The van der Waals surface area contributed by atoms with Gasteiger partial charge in [-0.1, -0.05) is 23.7 Å². The number of rotatable bonds is 3. The van der Waals surface area contributed by atoms with E-state index in [1.54, 1.807) is 0 Å². The van der Waals surface area contributed by atoms with Crippen molar-refractivity contribution in [2.75, 3.05) is 20.6 Å². The van der Waals surface area contributed by atoms with Crippen molar-refractivity contribution < 1.29 is 4.79 Å². The van der Waals surface area contributed by atoms with Crippen LogP contribution in [-0.4, -0.2) is 31.3 Å². The molecule has 1 aromatic rings. The minimum Gasteiger partial charge on any atom is -0.309 e. The van der Waals surface area contributed by atoms with E-state index < -0.39 is 0 Å². The van der Waals surface area contributed by atoms with Crippen LogP contribution >= 0.6 is 11.6 Å². The lowest BCUT2D eigenvalue weighted by molar-refractivity contribution is -0.120. The first-order chi connectivity index (χ1) is 9.06. The van der Waals surface area contributed by atoms with Gasteiger partial charge in [-0.3, -0.25) is 4.79 Å². The monoisotopic (exact) mass is 277 g/mol. The largest absolute Gasteiger partial charge is 0.309 e. The maximum atomic E-state index is 12.4. The molecule has 0 aromatic heterocycles. The molecule has 19 heavy (non-hydrogen) atoms. The Balaban J connectivity index is 2.14. The van der Waals surface area contributed by atoms with E-state index in [1.807, 2.05) is 44.4 Å². The van der Waals surface area contributed by atoms with Crippen molar-refractivity contribution in [3.63, 3.8) is 0 Å². The molecule has 0 amide bonds. The van der Waals surface area contributed by atoms with Gasteiger partial charge in [-0.25, -0.2) is 0 Å². The van der Waals surface area contributed by atoms with E-state index in [9.17, 15) is 4.79 Å². The Bertz CT molecular complexity index is 476. The first-order valence-corrected chi connectivity index (χ1v) is 7.09. The molecule has 2 rings (SSSR count). The van der Waals surface area contributed by atoms with Gasteiger partial charge in [0.1, 0.15) is 0 Å². The number of Topliss-reactive ketones (excluding diaryl/α,β-unsaturated/α-hetero) is 1. The van der Waals surface area contributed by atoms with Gasteiger partial charge in [0.05, 0.1) is 0 Å².